The van der Waals surface area contributed by atoms with E-state index in [4.69, 9.17) is 4.52 Å². The van der Waals surface area contributed by atoms with Crippen molar-refractivity contribution in [3.05, 3.63) is 58.8 Å². The molecule has 2 aromatic heterocycles. The van der Waals surface area contributed by atoms with E-state index in [1.165, 1.54) is 6.92 Å². The fourth-order valence-electron chi connectivity index (χ4n) is 4.14. The largest absolute Gasteiger partial charge is 0.349 e. The second kappa shape index (κ2) is 11.4. The number of carbonyl (C=O) groups excluding carboxylic acids is 2. The lowest BCUT2D eigenvalue weighted by Crippen LogP contribution is -2.49. The average molecular weight is 482 g/mol. The summed E-state index contributed by atoms with van der Waals surface area (Å²) in [5.41, 5.74) is 2.10. The Bertz CT molecular complexity index is 1070. The highest BCUT2D eigenvalue weighted by molar-refractivity contribution is 7.13. The number of nitrogens with one attached hydrogen (secondary N) is 1. The summed E-state index contributed by atoms with van der Waals surface area (Å²) in [4.78, 5) is 34.4. The molecule has 8 nitrogen and oxygen atoms in total. The maximum atomic E-state index is 13.0. The first kappa shape index (κ1) is 24.1. The molecule has 1 saturated heterocycles. The number of benzene rings is 1. The van der Waals surface area contributed by atoms with Crippen LogP contribution in [0.25, 0.3) is 10.7 Å². The van der Waals surface area contributed by atoms with Crippen molar-refractivity contribution in [3.63, 3.8) is 0 Å². The molecular formula is C25H31N5O3S. The van der Waals surface area contributed by atoms with Crippen LogP contribution in [0.15, 0.2) is 46.3 Å². The van der Waals surface area contributed by atoms with Crippen molar-refractivity contribution < 1.29 is 14.1 Å². The maximum Gasteiger partial charge on any atom is 0.227 e. The van der Waals surface area contributed by atoms with Gasteiger partial charge in [-0.05, 0) is 36.9 Å². The summed E-state index contributed by atoms with van der Waals surface area (Å²) in [6, 6.07) is 11.6. The minimum Gasteiger partial charge on any atom is -0.349 e. The van der Waals surface area contributed by atoms with Crippen LogP contribution in [0.3, 0.4) is 0 Å². The van der Waals surface area contributed by atoms with Gasteiger partial charge in [-0.15, -0.1) is 11.3 Å². The summed E-state index contributed by atoms with van der Waals surface area (Å²) in [5, 5.41) is 8.99. The Balaban J connectivity index is 1.21. The molecule has 9 heteroatoms. The van der Waals surface area contributed by atoms with Gasteiger partial charge in [0.05, 0.1) is 17.3 Å². The van der Waals surface area contributed by atoms with Gasteiger partial charge in [0.25, 0.3) is 0 Å². The topological polar surface area (TPSA) is 91.6 Å². The van der Waals surface area contributed by atoms with Crippen LogP contribution in [0.1, 0.15) is 42.8 Å². The number of rotatable bonds is 9. The van der Waals surface area contributed by atoms with Gasteiger partial charge < -0.3 is 14.7 Å². The number of thiophene rings is 1. The van der Waals surface area contributed by atoms with Gasteiger partial charge in [-0.2, -0.15) is 4.98 Å². The molecule has 180 valence electrons. The van der Waals surface area contributed by atoms with Gasteiger partial charge in [0, 0.05) is 39.5 Å². The standard InChI is InChI=1S/C25H31N5O3S/c1-18-7-9-20(10-8-18)21(26-19(2)31)17-24(32)30-14-12-29(13-15-30)11-3-6-23-27-25(28-33-23)22-5-4-16-34-22/h4-5,7-10,16,21H,3,6,11-15,17H2,1-2H3,(H,26,31). The second-order valence-electron chi connectivity index (χ2n) is 8.68. The molecule has 0 saturated carbocycles. The highest BCUT2D eigenvalue weighted by atomic mass is 32.1. The van der Waals surface area contributed by atoms with E-state index in [-0.39, 0.29) is 24.3 Å². The van der Waals surface area contributed by atoms with E-state index in [1.54, 1.807) is 11.3 Å². The molecule has 3 heterocycles. The third-order valence-electron chi connectivity index (χ3n) is 6.04. The molecule has 0 bridgehead atoms. The van der Waals surface area contributed by atoms with Crippen LogP contribution in [0.2, 0.25) is 0 Å². The number of hydrogen-bond donors (Lipinski definition) is 1. The third-order valence-corrected chi connectivity index (χ3v) is 6.90. The molecule has 0 aliphatic carbocycles. The molecule has 1 N–H and O–H groups in total. The van der Waals surface area contributed by atoms with Crippen LogP contribution < -0.4 is 5.32 Å². The summed E-state index contributed by atoms with van der Waals surface area (Å²) in [5.74, 6) is 1.26. The third kappa shape index (κ3) is 6.51. The molecule has 1 aliphatic rings. The molecule has 0 radical (unpaired) electrons. The van der Waals surface area contributed by atoms with Gasteiger partial charge in [0.15, 0.2) is 0 Å². The van der Waals surface area contributed by atoms with Gasteiger partial charge in [0.1, 0.15) is 0 Å². The zero-order valence-corrected chi connectivity index (χ0v) is 20.5. The van der Waals surface area contributed by atoms with Crippen LogP contribution in [0.5, 0.6) is 0 Å². The summed E-state index contributed by atoms with van der Waals surface area (Å²) >= 11 is 1.60. The van der Waals surface area contributed by atoms with Crippen molar-refractivity contribution in [3.8, 4) is 10.7 Å². The van der Waals surface area contributed by atoms with Gasteiger partial charge in [-0.1, -0.05) is 41.1 Å². The number of piperazine rings is 1. The molecule has 1 aromatic carbocycles. The van der Waals surface area contributed by atoms with E-state index in [0.29, 0.717) is 24.8 Å². The lowest BCUT2D eigenvalue weighted by atomic mass is 10.0. The number of aromatic nitrogens is 2. The smallest absolute Gasteiger partial charge is 0.227 e. The molecule has 1 aliphatic heterocycles. The molecule has 4 rings (SSSR count). The van der Waals surface area contributed by atoms with Gasteiger partial charge >= 0.3 is 0 Å². The summed E-state index contributed by atoms with van der Waals surface area (Å²) in [7, 11) is 0. The SMILES string of the molecule is CC(=O)NC(CC(=O)N1CCN(CCCc2nc(-c3cccs3)no2)CC1)c1ccc(C)cc1. The Morgan fingerprint density at radius 1 is 1.15 bits per heavy atom. The van der Waals surface area contributed by atoms with E-state index in [2.05, 4.69) is 20.4 Å². The van der Waals surface area contributed by atoms with E-state index in [9.17, 15) is 9.59 Å². The number of hydrogen-bond acceptors (Lipinski definition) is 7. The van der Waals surface area contributed by atoms with E-state index in [1.807, 2.05) is 53.6 Å². The molecule has 3 aromatic rings. The number of nitrogens with zero attached hydrogens (tertiary/aromatic N) is 4. The summed E-state index contributed by atoms with van der Waals surface area (Å²) < 4.78 is 5.38. The van der Waals surface area contributed by atoms with Gasteiger partial charge in [-0.25, -0.2) is 0 Å². The first-order chi connectivity index (χ1) is 16.5. The lowest BCUT2D eigenvalue weighted by Gasteiger charge is -2.35. The predicted octanol–water partition coefficient (Wildman–Crippen LogP) is 3.45. The molecule has 1 fully saturated rings. The van der Waals surface area contributed by atoms with Crippen molar-refractivity contribution >= 4 is 23.2 Å². The molecule has 1 atom stereocenters. The fraction of sp³-hybridized carbons (Fsp3) is 0.440. The van der Waals surface area contributed by atoms with Gasteiger partial charge in [-0.3, -0.25) is 14.5 Å². The highest BCUT2D eigenvalue weighted by Gasteiger charge is 2.25. The molecule has 1 unspecified atom stereocenters. The van der Waals surface area contributed by atoms with Crippen molar-refractivity contribution in [1.29, 1.82) is 0 Å². The van der Waals surface area contributed by atoms with Crippen molar-refractivity contribution in [2.24, 2.45) is 0 Å². The average Bonchev–Trinajstić information content (AvgIpc) is 3.51. The number of amides is 2. The Morgan fingerprint density at radius 2 is 1.91 bits per heavy atom. The molecule has 2 amide bonds. The van der Waals surface area contributed by atoms with Crippen LogP contribution in [0.4, 0.5) is 0 Å². The Labute approximate surface area is 204 Å². The van der Waals surface area contributed by atoms with Crippen molar-refractivity contribution in [1.82, 2.24) is 25.3 Å². The normalized spacial score (nSPS) is 15.3. The summed E-state index contributed by atoms with van der Waals surface area (Å²) in [6.45, 7) is 7.51. The Kier molecular flexibility index (Phi) is 8.08. The van der Waals surface area contributed by atoms with E-state index < -0.39 is 0 Å². The maximum absolute atomic E-state index is 13.0. The number of aryl methyl sites for hydroxylation is 2. The van der Waals surface area contributed by atoms with Crippen LogP contribution in [-0.4, -0.2) is 64.5 Å². The van der Waals surface area contributed by atoms with Crippen molar-refractivity contribution in [2.45, 2.75) is 39.2 Å². The van der Waals surface area contributed by atoms with Gasteiger partial charge in [0.2, 0.25) is 23.5 Å². The minimum atomic E-state index is -0.308. The van der Waals surface area contributed by atoms with E-state index >= 15 is 0 Å². The molecule has 0 spiro atoms. The second-order valence-corrected chi connectivity index (χ2v) is 9.63. The Morgan fingerprint density at radius 3 is 2.59 bits per heavy atom. The lowest BCUT2D eigenvalue weighted by molar-refractivity contribution is -0.133. The van der Waals surface area contributed by atoms with Crippen LogP contribution in [0, 0.1) is 6.92 Å². The highest BCUT2D eigenvalue weighted by Crippen LogP contribution is 2.22. The van der Waals surface area contributed by atoms with Crippen LogP contribution >= 0.6 is 11.3 Å². The van der Waals surface area contributed by atoms with Crippen molar-refractivity contribution in [2.75, 3.05) is 32.7 Å². The molecular weight excluding hydrogens is 450 g/mol. The quantitative estimate of drug-likeness (QED) is 0.503. The molecule has 34 heavy (non-hydrogen) atoms. The predicted molar refractivity (Wildman–Crippen MR) is 131 cm³/mol. The zero-order chi connectivity index (χ0) is 23.9. The first-order valence-electron chi connectivity index (χ1n) is 11.7. The number of carbonyl (C=O) groups is 2. The fourth-order valence-corrected chi connectivity index (χ4v) is 4.79. The summed E-state index contributed by atoms with van der Waals surface area (Å²) in [6.07, 6.45) is 1.94. The first-order valence-corrected chi connectivity index (χ1v) is 12.6. The monoisotopic (exact) mass is 481 g/mol. The minimum absolute atomic E-state index is 0.0749. The Hall–Kier alpha value is -3.04. The van der Waals surface area contributed by atoms with Crippen LogP contribution in [-0.2, 0) is 16.0 Å². The van der Waals surface area contributed by atoms with E-state index in [0.717, 1.165) is 48.5 Å². The zero-order valence-electron chi connectivity index (χ0n) is 19.7.